The second-order valence-electron chi connectivity index (χ2n) is 3.93. The number of fused-ring (bicyclic) bond motifs is 1. The van der Waals surface area contributed by atoms with E-state index in [4.69, 9.17) is 0 Å². The Morgan fingerprint density at radius 1 is 1.28 bits per heavy atom. The molecular formula is C12H13N5S. The van der Waals surface area contributed by atoms with Gasteiger partial charge in [0, 0.05) is 9.75 Å². The molecule has 0 saturated heterocycles. The number of nitrogens with zero attached hydrogens (tertiary/aromatic N) is 3. The van der Waals surface area contributed by atoms with Gasteiger partial charge in [0.15, 0.2) is 5.65 Å². The van der Waals surface area contributed by atoms with E-state index in [0.717, 1.165) is 29.8 Å². The van der Waals surface area contributed by atoms with Crippen LogP contribution >= 0.6 is 11.3 Å². The SMILES string of the molecule is CCc1ccc(CNc2ncnc3[nH]ncc23)s1. The molecule has 0 saturated carbocycles. The van der Waals surface area contributed by atoms with Gasteiger partial charge in [0.2, 0.25) is 0 Å². The van der Waals surface area contributed by atoms with Crippen molar-refractivity contribution >= 4 is 28.2 Å². The molecule has 3 aromatic rings. The van der Waals surface area contributed by atoms with Crippen molar-refractivity contribution in [2.45, 2.75) is 19.9 Å². The molecule has 0 amide bonds. The molecule has 3 heterocycles. The average molecular weight is 259 g/mol. The molecule has 3 rings (SSSR count). The Labute approximate surface area is 108 Å². The van der Waals surface area contributed by atoms with E-state index in [1.807, 2.05) is 11.3 Å². The van der Waals surface area contributed by atoms with Crippen LogP contribution in [0.3, 0.4) is 0 Å². The first-order chi connectivity index (χ1) is 8.86. The Balaban J connectivity index is 1.78. The van der Waals surface area contributed by atoms with Gasteiger partial charge in [-0.2, -0.15) is 5.10 Å². The summed E-state index contributed by atoms with van der Waals surface area (Å²) in [6.45, 7) is 2.95. The molecule has 2 N–H and O–H groups in total. The average Bonchev–Trinajstić information content (AvgIpc) is 3.05. The highest BCUT2D eigenvalue weighted by Crippen LogP contribution is 2.20. The molecule has 0 atom stereocenters. The van der Waals surface area contributed by atoms with Crippen LogP contribution < -0.4 is 5.32 Å². The Hall–Kier alpha value is -1.95. The van der Waals surface area contributed by atoms with E-state index in [1.54, 1.807) is 6.20 Å². The maximum Gasteiger partial charge on any atom is 0.160 e. The van der Waals surface area contributed by atoms with Crippen LogP contribution in [-0.2, 0) is 13.0 Å². The number of thiophene rings is 1. The van der Waals surface area contributed by atoms with Gasteiger partial charge in [-0.3, -0.25) is 5.10 Å². The summed E-state index contributed by atoms with van der Waals surface area (Å²) in [6, 6.07) is 4.33. The topological polar surface area (TPSA) is 66.5 Å². The molecule has 0 fully saturated rings. The molecule has 0 aliphatic rings. The number of rotatable bonds is 4. The summed E-state index contributed by atoms with van der Waals surface area (Å²) < 4.78 is 0. The molecule has 0 aliphatic carbocycles. The molecule has 0 aliphatic heterocycles. The van der Waals surface area contributed by atoms with Gasteiger partial charge in [-0.05, 0) is 18.6 Å². The number of aromatic nitrogens is 4. The number of nitrogens with one attached hydrogen (secondary N) is 2. The van der Waals surface area contributed by atoms with Gasteiger partial charge < -0.3 is 5.32 Å². The zero-order valence-corrected chi connectivity index (χ0v) is 10.8. The van der Waals surface area contributed by atoms with Gasteiger partial charge in [-0.15, -0.1) is 11.3 Å². The Bertz CT molecular complexity index is 657. The van der Waals surface area contributed by atoms with Crippen molar-refractivity contribution in [3.63, 3.8) is 0 Å². The molecule has 0 radical (unpaired) electrons. The largest absolute Gasteiger partial charge is 0.364 e. The van der Waals surface area contributed by atoms with Crippen molar-refractivity contribution in [1.82, 2.24) is 20.2 Å². The quantitative estimate of drug-likeness (QED) is 0.755. The molecule has 0 spiro atoms. The van der Waals surface area contributed by atoms with E-state index in [2.05, 4.69) is 44.5 Å². The minimum absolute atomic E-state index is 0.757. The number of aryl methyl sites for hydroxylation is 1. The first kappa shape index (κ1) is 11.2. The summed E-state index contributed by atoms with van der Waals surface area (Å²) in [7, 11) is 0. The lowest BCUT2D eigenvalue weighted by atomic mass is 10.3. The molecule has 3 aromatic heterocycles. The van der Waals surface area contributed by atoms with Gasteiger partial charge in [0.25, 0.3) is 0 Å². The van der Waals surface area contributed by atoms with Crippen LogP contribution in [0.1, 0.15) is 16.7 Å². The molecule has 5 nitrogen and oxygen atoms in total. The molecule has 92 valence electrons. The Morgan fingerprint density at radius 3 is 3.00 bits per heavy atom. The van der Waals surface area contributed by atoms with Crippen LogP contribution in [0.15, 0.2) is 24.7 Å². The summed E-state index contributed by atoms with van der Waals surface area (Å²) in [6.07, 6.45) is 4.36. The Kier molecular flexibility index (Phi) is 2.93. The van der Waals surface area contributed by atoms with Crippen molar-refractivity contribution in [2.75, 3.05) is 5.32 Å². The zero-order valence-electron chi connectivity index (χ0n) is 9.97. The second-order valence-corrected chi connectivity index (χ2v) is 5.18. The second kappa shape index (κ2) is 4.73. The first-order valence-corrected chi connectivity index (χ1v) is 6.64. The Morgan fingerprint density at radius 2 is 2.17 bits per heavy atom. The van der Waals surface area contributed by atoms with Crippen molar-refractivity contribution in [3.05, 3.63) is 34.4 Å². The van der Waals surface area contributed by atoms with Gasteiger partial charge in [-0.1, -0.05) is 6.92 Å². The lowest BCUT2D eigenvalue weighted by Gasteiger charge is -2.03. The molecule has 0 aromatic carbocycles. The third-order valence-corrected chi connectivity index (χ3v) is 3.97. The van der Waals surface area contributed by atoms with Crippen molar-refractivity contribution < 1.29 is 0 Å². The van der Waals surface area contributed by atoms with Gasteiger partial charge in [0.1, 0.15) is 12.1 Å². The van der Waals surface area contributed by atoms with E-state index in [-0.39, 0.29) is 0 Å². The van der Waals surface area contributed by atoms with Crippen LogP contribution in [0.2, 0.25) is 0 Å². The third-order valence-electron chi connectivity index (χ3n) is 2.74. The van der Waals surface area contributed by atoms with Crippen LogP contribution in [0.4, 0.5) is 5.82 Å². The molecule has 18 heavy (non-hydrogen) atoms. The summed E-state index contributed by atoms with van der Waals surface area (Å²) in [5, 5.41) is 11.1. The normalized spacial score (nSPS) is 10.9. The number of hydrogen-bond donors (Lipinski definition) is 2. The monoisotopic (exact) mass is 259 g/mol. The predicted octanol–water partition coefficient (Wildman–Crippen LogP) is 2.59. The van der Waals surface area contributed by atoms with Crippen LogP contribution in [-0.4, -0.2) is 20.2 Å². The zero-order chi connectivity index (χ0) is 12.4. The number of aromatic amines is 1. The molecule has 0 bridgehead atoms. The van der Waals surface area contributed by atoms with E-state index in [1.165, 1.54) is 16.1 Å². The fourth-order valence-electron chi connectivity index (χ4n) is 1.78. The van der Waals surface area contributed by atoms with E-state index >= 15 is 0 Å². The van der Waals surface area contributed by atoms with Gasteiger partial charge in [-0.25, -0.2) is 9.97 Å². The highest BCUT2D eigenvalue weighted by Gasteiger charge is 2.05. The summed E-state index contributed by atoms with van der Waals surface area (Å²) in [5.41, 5.74) is 0.757. The lowest BCUT2D eigenvalue weighted by molar-refractivity contribution is 1.08. The predicted molar refractivity (Wildman–Crippen MR) is 72.7 cm³/mol. The number of hydrogen-bond acceptors (Lipinski definition) is 5. The van der Waals surface area contributed by atoms with Crippen LogP contribution in [0.25, 0.3) is 11.0 Å². The van der Waals surface area contributed by atoms with E-state index < -0.39 is 0 Å². The fourth-order valence-corrected chi connectivity index (χ4v) is 2.68. The third kappa shape index (κ3) is 2.06. The maximum absolute atomic E-state index is 4.24. The van der Waals surface area contributed by atoms with Crippen molar-refractivity contribution in [1.29, 1.82) is 0 Å². The smallest absolute Gasteiger partial charge is 0.160 e. The van der Waals surface area contributed by atoms with E-state index in [0.29, 0.717) is 0 Å². The molecule has 0 unspecified atom stereocenters. The van der Waals surface area contributed by atoms with Gasteiger partial charge in [0.05, 0.1) is 18.1 Å². The van der Waals surface area contributed by atoms with E-state index in [9.17, 15) is 0 Å². The highest BCUT2D eigenvalue weighted by atomic mass is 32.1. The molecule has 6 heteroatoms. The number of H-pyrrole nitrogens is 1. The minimum atomic E-state index is 0.757. The number of anilines is 1. The minimum Gasteiger partial charge on any atom is -0.364 e. The fraction of sp³-hybridized carbons (Fsp3) is 0.250. The summed E-state index contributed by atoms with van der Waals surface area (Å²) >= 11 is 1.83. The van der Waals surface area contributed by atoms with Gasteiger partial charge >= 0.3 is 0 Å². The standard InChI is InChI=1S/C12H13N5S/c1-2-8-3-4-9(18-8)5-13-11-10-6-16-17-12(10)15-7-14-11/h3-4,6-7H,2,5H2,1H3,(H2,13,14,15,16,17). The summed E-state index contributed by atoms with van der Waals surface area (Å²) in [5.74, 6) is 0.820. The first-order valence-electron chi connectivity index (χ1n) is 5.82. The van der Waals surface area contributed by atoms with Crippen LogP contribution in [0.5, 0.6) is 0 Å². The van der Waals surface area contributed by atoms with Crippen molar-refractivity contribution in [3.8, 4) is 0 Å². The lowest BCUT2D eigenvalue weighted by Crippen LogP contribution is -2.00. The summed E-state index contributed by atoms with van der Waals surface area (Å²) in [4.78, 5) is 11.1. The molecular weight excluding hydrogens is 246 g/mol. The maximum atomic E-state index is 4.24. The van der Waals surface area contributed by atoms with Crippen LogP contribution in [0, 0.1) is 0 Å². The van der Waals surface area contributed by atoms with Crippen molar-refractivity contribution in [2.24, 2.45) is 0 Å². The highest BCUT2D eigenvalue weighted by molar-refractivity contribution is 7.12.